The third-order valence-corrected chi connectivity index (χ3v) is 3.63. The molecule has 25 heavy (non-hydrogen) atoms. The Labute approximate surface area is 146 Å². The summed E-state index contributed by atoms with van der Waals surface area (Å²) in [4.78, 5) is 11.9. The van der Waals surface area contributed by atoms with Crippen LogP contribution >= 0.6 is 0 Å². The lowest BCUT2D eigenvalue weighted by atomic mass is 10.0. The number of halogens is 2. The van der Waals surface area contributed by atoms with Gasteiger partial charge >= 0.3 is 6.61 Å². The number of ether oxygens (including phenoxy) is 1. The van der Waals surface area contributed by atoms with Crippen molar-refractivity contribution in [3.63, 3.8) is 0 Å². The van der Waals surface area contributed by atoms with E-state index in [-0.39, 0.29) is 11.7 Å². The zero-order chi connectivity index (χ0) is 18.1. The maximum absolute atomic E-state index is 12.6. The van der Waals surface area contributed by atoms with Gasteiger partial charge in [0, 0.05) is 24.1 Å². The average molecular weight is 348 g/mol. The second-order valence-electron chi connectivity index (χ2n) is 5.62. The minimum atomic E-state index is -2.89. The molecule has 0 heterocycles. The fourth-order valence-corrected chi connectivity index (χ4v) is 2.47. The Morgan fingerprint density at radius 3 is 2.60 bits per heavy atom. The number of anilines is 1. The highest BCUT2D eigenvalue weighted by Crippen LogP contribution is 2.27. The van der Waals surface area contributed by atoms with Crippen LogP contribution in [-0.4, -0.2) is 26.1 Å². The lowest BCUT2D eigenvalue weighted by Crippen LogP contribution is -2.15. The van der Waals surface area contributed by atoms with Crippen LogP contribution in [0.5, 0.6) is 5.75 Å². The summed E-state index contributed by atoms with van der Waals surface area (Å²) in [5, 5.41) is 5.78. The van der Waals surface area contributed by atoms with Gasteiger partial charge in [-0.2, -0.15) is 8.78 Å². The molecule has 0 aromatic heterocycles. The molecule has 0 spiro atoms. The summed E-state index contributed by atoms with van der Waals surface area (Å²) in [7, 11) is 1.83. The topological polar surface area (TPSA) is 50.4 Å². The summed E-state index contributed by atoms with van der Waals surface area (Å²) in [6.45, 7) is -2.13. The predicted octanol–water partition coefficient (Wildman–Crippen LogP) is 3.82. The van der Waals surface area contributed by atoms with Crippen molar-refractivity contribution in [2.24, 2.45) is 0 Å². The molecular formula is C19H22F2N2O2. The molecule has 1 amide bonds. The predicted molar refractivity (Wildman–Crippen MR) is 94.1 cm³/mol. The van der Waals surface area contributed by atoms with Crippen molar-refractivity contribution in [1.29, 1.82) is 0 Å². The van der Waals surface area contributed by atoms with E-state index in [0.29, 0.717) is 24.1 Å². The third-order valence-electron chi connectivity index (χ3n) is 3.63. The van der Waals surface area contributed by atoms with Crippen LogP contribution in [0.2, 0.25) is 0 Å². The van der Waals surface area contributed by atoms with Crippen LogP contribution in [0.3, 0.4) is 0 Å². The molecule has 0 aliphatic heterocycles. The van der Waals surface area contributed by atoms with E-state index in [4.69, 9.17) is 0 Å². The molecule has 6 heteroatoms. The Bertz CT molecular complexity index is 678. The largest absolute Gasteiger partial charge is 0.435 e. The molecule has 2 N–H and O–H groups in total. The fraction of sp³-hybridized carbons (Fsp3) is 0.316. The van der Waals surface area contributed by atoms with E-state index in [2.05, 4.69) is 15.4 Å². The number of hydrogen-bond donors (Lipinski definition) is 2. The maximum Gasteiger partial charge on any atom is 0.387 e. The lowest BCUT2D eigenvalue weighted by Gasteiger charge is -2.13. The van der Waals surface area contributed by atoms with Gasteiger partial charge in [-0.05, 0) is 43.8 Å². The molecule has 2 aromatic rings. The molecule has 0 aliphatic carbocycles. The first kappa shape index (κ1) is 18.9. The van der Waals surface area contributed by atoms with Gasteiger partial charge < -0.3 is 15.4 Å². The van der Waals surface area contributed by atoms with Crippen LogP contribution in [0.15, 0.2) is 48.5 Å². The number of carbonyl (C=O) groups is 1. The van der Waals surface area contributed by atoms with Crippen molar-refractivity contribution in [3.05, 3.63) is 59.7 Å². The normalized spacial score (nSPS) is 10.7. The van der Waals surface area contributed by atoms with Crippen molar-refractivity contribution < 1.29 is 18.3 Å². The number of hydrogen-bond acceptors (Lipinski definition) is 3. The van der Waals surface area contributed by atoms with E-state index in [1.807, 2.05) is 37.4 Å². The van der Waals surface area contributed by atoms with Gasteiger partial charge in [-0.25, -0.2) is 0 Å². The van der Waals surface area contributed by atoms with Crippen molar-refractivity contribution in [2.75, 3.05) is 18.9 Å². The van der Waals surface area contributed by atoms with Crippen LogP contribution < -0.4 is 15.4 Å². The first-order valence-corrected chi connectivity index (χ1v) is 8.14. The number of nitrogens with one attached hydrogen (secondary N) is 2. The highest BCUT2D eigenvalue weighted by Gasteiger charge is 2.12. The van der Waals surface area contributed by atoms with Gasteiger partial charge in [-0.15, -0.1) is 0 Å². The summed E-state index contributed by atoms with van der Waals surface area (Å²) < 4.78 is 29.9. The second kappa shape index (κ2) is 9.74. The molecule has 2 rings (SSSR count). The zero-order valence-electron chi connectivity index (χ0n) is 14.1. The molecular weight excluding hydrogens is 326 g/mol. The molecule has 0 bridgehead atoms. The van der Waals surface area contributed by atoms with Gasteiger partial charge in [0.2, 0.25) is 5.91 Å². The summed E-state index contributed by atoms with van der Waals surface area (Å²) in [6.07, 6.45) is 1.56. The van der Waals surface area contributed by atoms with E-state index in [0.717, 1.165) is 18.5 Å². The summed E-state index contributed by atoms with van der Waals surface area (Å²) in [6, 6.07) is 14.2. The zero-order valence-corrected chi connectivity index (χ0v) is 14.1. The Morgan fingerprint density at radius 2 is 1.92 bits per heavy atom. The van der Waals surface area contributed by atoms with Crippen molar-refractivity contribution in [2.45, 2.75) is 25.9 Å². The van der Waals surface area contributed by atoms with Gasteiger partial charge in [0.25, 0.3) is 0 Å². The van der Waals surface area contributed by atoms with E-state index >= 15 is 0 Å². The van der Waals surface area contributed by atoms with Crippen molar-refractivity contribution in [3.8, 4) is 5.75 Å². The van der Waals surface area contributed by atoms with Crippen molar-refractivity contribution >= 4 is 11.6 Å². The van der Waals surface area contributed by atoms with Gasteiger partial charge in [-0.3, -0.25) is 4.79 Å². The molecule has 0 radical (unpaired) electrons. The Kier molecular flexibility index (Phi) is 7.35. The SMILES string of the molecule is CNCCCC(=O)Nc1ccc(OC(F)F)c(Cc2ccccc2)c1. The molecule has 2 aromatic carbocycles. The van der Waals surface area contributed by atoms with Gasteiger partial charge in [0.15, 0.2) is 0 Å². The molecule has 0 unspecified atom stereocenters. The van der Waals surface area contributed by atoms with Crippen LogP contribution in [0.4, 0.5) is 14.5 Å². The molecule has 134 valence electrons. The molecule has 0 atom stereocenters. The standard InChI is InChI=1S/C19H22F2N2O2/c1-22-11-5-8-18(24)23-16-9-10-17(25-19(20)21)15(13-16)12-14-6-3-2-4-7-14/h2-4,6-7,9-10,13,19,22H,5,8,11-12H2,1H3,(H,23,24). The van der Waals surface area contributed by atoms with Crippen molar-refractivity contribution in [1.82, 2.24) is 5.32 Å². The first-order valence-electron chi connectivity index (χ1n) is 8.14. The highest BCUT2D eigenvalue weighted by atomic mass is 19.3. The highest BCUT2D eigenvalue weighted by molar-refractivity contribution is 5.90. The minimum absolute atomic E-state index is 0.108. The second-order valence-corrected chi connectivity index (χ2v) is 5.62. The Balaban J connectivity index is 2.14. The van der Waals surface area contributed by atoms with Crippen LogP contribution in [-0.2, 0) is 11.2 Å². The summed E-state index contributed by atoms with van der Waals surface area (Å²) >= 11 is 0. The number of benzene rings is 2. The average Bonchev–Trinajstić information content (AvgIpc) is 2.58. The number of alkyl halides is 2. The molecule has 0 fully saturated rings. The van der Waals surface area contributed by atoms with Crippen LogP contribution in [0.25, 0.3) is 0 Å². The summed E-state index contributed by atoms with van der Waals surface area (Å²) in [5.41, 5.74) is 2.14. The molecule has 4 nitrogen and oxygen atoms in total. The van der Waals surface area contributed by atoms with E-state index in [1.54, 1.807) is 12.1 Å². The van der Waals surface area contributed by atoms with Gasteiger partial charge in [-0.1, -0.05) is 30.3 Å². The van der Waals surface area contributed by atoms with Crippen LogP contribution in [0, 0.1) is 0 Å². The molecule has 0 aliphatic rings. The lowest BCUT2D eigenvalue weighted by molar-refractivity contribution is -0.116. The monoisotopic (exact) mass is 348 g/mol. The van der Waals surface area contributed by atoms with Crippen LogP contribution in [0.1, 0.15) is 24.0 Å². The number of carbonyl (C=O) groups excluding carboxylic acids is 1. The molecule has 0 saturated carbocycles. The quantitative estimate of drug-likeness (QED) is 0.678. The maximum atomic E-state index is 12.6. The summed E-state index contributed by atoms with van der Waals surface area (Å²) in [5.74, 6) is 0.00970. The Hall–Kier alpha value is -2.47. The Morgan fingerprint density at radius 1 is 1.16 bits per heavy atom. The first-order chi connectivity index (χ1) is 12.1. The van der Waals surface area contributed by atoms with Gasteiger partial charge in [0.05, 0.1) is 0 Å². The van der Waals surface area contributed by atoms with E-state index in [9.17, 15) is 13.6 Å². The smallest absolute Gasteiger partial charge is 0.387 e. The number of amides is 1. The number of rotatable bonds is 9. The molecule has 0 saturated heterocycles. The third kappa shape index (κ3) is 6.51. The van der Waals surface area contributed by atoms with Gasteiger partial charge in [0.1, 0.15) is 5.75 Å². The van der Waals surface area contributed by atoms with E-state index < -0.39 is 6.61 Å². The fourth-order valence-electron chi connectivity index (χ4n) is 2.47. The minimum Gasteiger partial charge on any atom is -0.435 e. The van der Waals surface area contributed by atoms with E-state index in [1.165, 1.54) is 6.07 Å².